The number of carbonyl (C=O) groups is 3. The van der Waals surface area contributed by atoms with Crippen molar-refractivity contribution in [1.82, 2.24) is 5.32 Å². The third kappa shape index (κ3) is 6.38. The molecule has 0 radical (unpaired) electrons. The molecule has 0 saturated heterocycles. The molecule has 0 aliphatic rings. The van der Waals surface area contributed by atoms with Crippen LogP contribution >= 0.6 is 0 Å². The molecule has 1 rings (SSSR count). The Morgan fingerprint density at radius 3 is 2.39 bits per heavy atom. The van der Waals surface area contributed by atoms with Crippen LogP contribution in [0.25, 0.3) is 6.08 Å². The van der Waals surface area contributed by atoms with E-state index in [4.69, 9.17) is 10.8 Å². The smallest absolute Gasteiger partial charge is 0.326 e. The van der Waals surface area contributed by atoms with Gasteiger partial charge >= 0.3 is 5.97 Å². The summed E-state index contributed by atoms with van der Waals surface area (Å²) in [6.07, 6.45) is 2.21. The van der Waals surface area contributed by atoms with Crippen LogP contribution in [-0.2, 0) is 14.4 Å². The van der Waals surface area contributed by atoms with E-state index in [1.54, 1.807) is 0 Å². The summed E-state index contributed by atoms with van der Waals surface area (Å²) in [6.45, 7) is 0. The number of carboxylic acids is 1. The number of hydrogen-bond donors (Lipinski definition) is 3. The topological polar surface area (TPSA) is 153 Å². The number of primary amides is 1. The first-order valence-corrected chi connectivity index (χ1v) is 6.53. The Morgan fingerprint density at radius 2 is 1.91 bits per heavy atom. The van der Waals surface area contributed by atoms with Crippen molar-refractivity contribution in [1.29, 1.82) is 0 Å². The summed E-state index contributed by atoms with van der Waals surface area (Å²) >= 11 is 0. The minimum absolute atomic E-state index is 0.0796. The zero-order valence-corrected chi connectivity index (χ0v) is 12.0. The molecule has 122 valence electrons. The molecule has 0 aromatic heterocycles. The fourth-order valence-electron chi connectivity index (χ4n) is 1.64. The zero-order chi connectivity index (χ0) is 17.4. The summed E-state index contributed by atoms with van der Waals surface area (Å²) in [5.41, 5.74) is 5.39. The number of nitrogens with one attached hydrogen (secondary N) is 1. The number of non-ortho nitro benzene ring substituents is 1. The van der Waals surface area contributed by atoms with E-state index in [1.807, 2.05) is 0 Å². The quantitative estimate of drug-likeness (QED) is 0.359. The minimum atomic E-state index is -1.27. The fourth-order valence-corrected chi connectivity index (χ4v) is 1.64. The molecule has 23 heavy (non-hydrogen) atoms. The van der Waals surface area contributed by atoms with Gasteiger partial charge in [-0.05, 0) is 30.2 Å². The number of amides is 2. The molecule has 4 N–H and O–H groups in total. The molecule has 0 aliphatic heterocycles. The summed E-state index contributed by atoms with van der Waals surface area (Å²) in [5, 5.41) is 21.7. The Bertz CT molecular complexity index is 638. The van der Waals surface area contributed by atoms with Crippen LogP contribution in [0.2, 0.25) is 0 Å². The lowest BCUT2D eigenvalue weighted by molar-refractivity contribution is -0.384. The van der Waals surface area contributed by atoms with Crippen molar-refractivity contribution in [2.75, 3.05) is 0 Å². The average Bonchev–Trinajstić information content (AvgIpc) is 2.49. The standard InChI is InChI=1S/C14H15N3O6/c15-12(18)7-6-11(14(20)21)16-13(19)8-3-9-1-4-10(5-2-9)17(22)23/h1-5,8,11H,6-7H2,(H2,15,18)(H,16,19)(H,20,21)/b8-3+/t11-/m0/s1. The molecule has 1 aromatic rings. The summed E-state index contributed by atoms with van der Waals surface area (Å²) in [6, 6.07) is 4.24. The first kappa shape index (κ1) is 17.8. The summed E-state index contributed by atoms with van der Waals surface area (Å²) in [7, 11) is 0. The molecule has 0 fully saturated rings. The van der Waals surface area contributed by atoms with Gasteiger partial charge in [-0.3, -0.25) is 19.7 Å². The van der Waals surface area contributed by atoms with E-state index in [1.165, 1.54) is 30.3 Å². The number of hydrogen-bond acceptors (Lipinski definition) is 5. The predicted octanol–water partition coefficient (Wildman–Crippen LogP) is 0.443. The number of nitrogens with zero attached hydrogens (tertiary/aromatic N) is 1. The lowest BCUT2D eigenvalue weighted by Gasteiger charge is -2.11. The number of benzene rings is 1. The average molecular weight is 321 g/mol. The molecule has 1 aromatic carbocycles. The molecule has 0 heterocycles. The third-order valence-electron chi connectivity index (χ3n) is 2.83. The molecule has 1 atom stereocenters. The highest BCUT2D eigenvalue weighted by Gasteiger charge is 2.19. The van der Waals surface area contributed by atoms with Crippen LogP contribution in [-0.4, -0.2) is 33.9 Å². The molecular formula is C14H15N3O6. The largest absolute Gasteiger partial charge is 0.480 e. The first-order valence-electron chi connectivity index (χ1n) is 6.53. The number of carboxylic acid groups (broad SMARTS) is 1. The third-order valence-corrected chi connectivity index (χ3v) is 2.83. The maximum Gasteiger partial charge on any atom is 0.326 e. The number of nitro groups is 1. The van der Waals surface area contributed by atoms with E-state index in [2.05, 4.69) is 5.32 Å². The molecule has 0 aliphatic carbocycles. The number of nitrogens with two attached hydrogens (primary N) is 1. The first-order chi connectivity index (χ1) is 10.8. The van der Waals surface area contributed by atoms with Crippen LogP contribution in [0.1, 0.15) is 18.4 Å². The highest BCUT2D eigenvalue weighted by Crippen LogP contribution is 2.12. The number of rotatable bonds is 8. The van der Waals surface area contributed by atoms with Gasteiger partial charge in [0.1, 0.15) is 6.04 Å². The van der Waals surface area contributed by atoms with Gasteiger partial charge in [0, 0.05) is 24.6 Å². The lowest BCUT2D eigenvalue weighted by Crippen LogP contribution is -2.40. The highest BCUT2D eigenvalue weighted by atomic mass is 16.6. The van der Waals surface area contributed by atoms with Crippen LogP contribution in [0.15, 0.2) is 30.3 Å². The Morgan fingerprint density at radius 1 is 1.30 bits per heavy atom. The van der Waals surface area contributed by atoms with Gasteiger partial charge < -0.3 is 16.2 Å². The highest BCUT2D eigenvalue weighted by molar-refractivity contribution is 5.94. The van der Waals surface area contributed by atoms with Crippen LogP contribution < -0.4 is 11.1 Å². The van der Waals surface area contributed by atoms with Crippen molar-refractivity contribution < 1.29 is 24.4 Å². The van der Waals surface area contributed by atoms with Crippen LogP contribution in [0, 0.1) is 10.1 Å². The monoisotopic (exact) mass is 321 g/mol. The second kappa shape index (κ2) is 8.27. The van der Waals surface area contributed by atoms with Gasteiger partial charge in [0.15, 0.2) is 0 Å². The summed E-state index contributed by atoms with van der Waals surface area (Å²) < 4.78 is 0. The van der Waals surface area contributed by atoms with E-state index in [0.29, 0.717) is 5.56 Å². The second-order valence-corrected chi connectivity index (χ2v) is 4.59. The SMILES string of the molecule is NC(=O)CC[C@H](NC(=O)/C=C/c1ccc([N+](=O)[O-])cc1)C(=O)O. The van der Waals surface area contributed by atoms with Gasteiger partial charge in [-0.15, -0.1) is 0 Å². The second-order valence-electron chi connectivity index (χ2n) is 4.59. The van der Waals surface area contributed by atoms with E-state index in [-0.39, 0.29) is 18.5 Å². The maximum absolute atomic E-state index is 11.7. The maximum atomic E-state index is 11.7. The number of aliphatic carboxylic acids is 1. The van der Waals surface area contributed by atoms with Crippen molar-refractivity contribution >= 4 is 29.5 Å². The van der Waals surface area contributed by atoms with Gasteiger partial charge in [0.25, 0.3) is 5.69 Å². The minimum Gasteiger partial charge on any atom is -0.480 e. The van der Waals surface area contributed by atoms with Crippen LogP contribution in [0.5, 0.6) is 0 Å². The molecule has 9 nitrogen and oxygen atoms in total. The molecule has 0 spiro atoms. The fraction of sp³-hybridized carbons (Fsp3) is 0.214. The molecular weight excluding hydrogens is 306 g/mol. The lowest BCUT2D eigenvalue weighted by atomic mass is 10.1. The van der Waals surface area contributed by atoms with Crippen molar-refractivity contribution in [2.24, 2.45) is 5.73 Å². The van der Waals surface area contributed by atoms with Gasteiger partial charge in [-0.2, -0.15) is 0 Å². The molecule has 0 bridgehead atoms. The molecule has 9 heteroatoms. The summed E-state index contributed by atoms with van der Waals surface area (Å²) in [5.74, 6) is -2.60. The van der Waals surface area contributed by atoms with Crippen LogP contribution in [0.3, 0.4) is 0 Å². The van der Waals surface area contributed by atoms with E-state index >= 15 is 0 Å². The van der Waals surface area contributed by atoms with Gasteiger partial charge in [0.05, 0.1) is 4.92 Å². The van der Waals surface area contributed by atoms with Crippen molar-refractivity contribution in [3.8, 4) is 0 Å². The van der Waals surface area contributed by atoms with Gasteiger partial charge in [-0.1, -0.05) is 0 Å². The van der Waals surface area contributed by atoms with Crippen molar-refractivity contribution in [3.05, 3.63) is 46.0 Å². The Hall–Kier alpha value is -3.23. The normalized spacial score (nSPS) is 11.8. The van der Waals surface area contributed by atoms with Gasteiger partial charge in [-0.25, -0.2) is 4.79 Å². The number of carbonyl (C=O) groups excluding carboxylic acids is 2. The van der Waals surface area contributed by atoms with E-state index in [0.717, 1.165) is 6.08 Å². The molecule has 0 saturated carbocycles. The Balaban J connectivity index is 2.64. The summed E-state index contributed by atoms with van der Waals surface area (Å²) in [4.78, 5) is 43.2. The molecule has 0 unspecified atom stereocenters. The zero-order valence-electron chi connectivity index (χ0n) is 12.0. The van der Waals surface area contributed by atoms with E-state index in [9.17, 15) is 24.5 Å². The van der Waals surface area contributed by atoms with Crippen LogP contribution in [0.4, 0.5) is 5.69 Å². The Kier molecular flexibility index (Phi) is 6.41. The number of nitro benzene ring substituents is 1. The molecule has 2 amide bonds. The predicted molar refractivity (Wildman–Crippen MR) is 80.1 cm³/mol. The van der Waals surface area contributed by atoms with Gasteiger partial charge in [0.2, 0.25) is 11.8 Å². The van der Waals surface area contributed by atoms with Crippen molar-refractivity contribution in [2.45, 2.75) is 18.9 Å². The Labute approximate surface area is 130 Å². The van der Waals surface area contributed by atoms with E-state index < -0.39 is 28.7 Å². The van der Waals surface area contributed by atoms with Crippen molar-refractivity contribution in [3.63, 3.8) is 0 Å².